The molecule has 3 heterocycles. The minimum Gasteiger partial charge on any atom is -0.461 e. The molecular formula is C24H25N5O4S2. The molecule has 1 unspecified atom stereocenters. The lowest BCUT2D eigenvalue weighted by molar-refractivity contribution is -0.119. The number of carbonyl (C=O) groups excluding carboxylic acids is 2. The average molecular weight is 512 g/mol. The van der Waals surface area contributed by atoms with E-state index in [1.54, 1.807) is 6.92 Å². The Morgan fingerprint density at radius 1 is 1.14 bits per heavy atom. The fourth-order valence-electron chi connectivity index (χ4n) is 3.67. The summed E-state index contributed by atoms with van der Waals surface area (Å²) in [6, 6.07) is 8.96. The van der Waals surface area contributed by atoms with Gasteiger partial charge in [-0.1, -0.05) is 55.5 Å². The number of carbonyl (C=O) groups is 2. The zero-order chi connectivity index (χ0) is 24.9. The second-order valence-electron chi connectivity index (χ2n) is 7.83. The number of nitrogens with one attached hydrogen (secondary N) is 1. The molecule has 0 aliphatic rings. The Bertz CT molecular complexity index is 1410. The van der Waals surface area contributed by atoms with Crippen molar-refractivity contribution in [2.45, 2.75) is 46.1 Å². The van der Waals surface area contributed by atoms with Crippen LogP contribution < -0.4 is 10.9 Å². The van der Waals surface area contributed by atoms with Crippen molar-refractivity contribution in [2.75, 3.05) is 11.9 Å². The normalized spacial score (nSPS) is 12.0. The van der Waals surface area contributed by atoms with Gasteiger partial charge in [0.2, 0.25) is 11.0 Å². The third kappa shape index (κ3) is 5.30. The first-order chi connectivity index (χ1) is 16.9. The number of esters is 1. The van der Waals surface area contributed by atoms with E-state index in [1.165, 1.54) is 22.2 Å². The number of rotatable bonds is 9. The highest BCUT2D eigenvalue weighted by atomic mass is 32.1. The number of hydrogen-bond acceptors (Lipinski definition) is 9. The molecule has 35 heavy (non-hydrogen) atoms. The maximum atomic E-state index is 13.4. The minimum atomic E-state index is -0.783. The number of amides is 1. The van der Waals surface area contributed by atoms with Crippen LogP contribution in [0, 0.1) is 6.92 Å². The summed E-state index contributed by atoms with van der Waals surface area (Å²) in [6.45, 7) is 5.71. The van der Waals surface area contributed by atoms with Crippen LogP contribution in [-0.2, 0) is 22.4 Å². The van der Waals surface area contributed by atoms with E-state index in [2.05, 4.69) is 20.5 Å². The summed E-state index contributed by atoms with van der Waals surface area (Å²) in [7, 11) is 0. The Labute approximate surface area is 209 Å². The molecule has 0 aliphatic carbocycles. The van der Waals surface area contributed by atoms with Gasteiger partial charge in [-0.15, -0.1) is 21.5 Å². The van der Waals surface area contributed by atoms with Crippen LogP contribution in [-0.4, -0.2) is 38.2 Å². The first-order valence-corrected chi connectivity index (χ1v) is 12.9. The van der Waals surface area contributed by atoms with Crippen molar-refractivity contribution in [1.29, 1.82) is 0 Å². The van der Waals surface area contributed by atoms with Crippen LogP contribution >= 0.6 is 22.7 Å². The quantitative estimate of drug-likeness (QED) is 0.335. The highest BCUT2D eigenvalue weighted by Gasteiger charge is 2.25. The summed E-state index contributed by atoms with van der Waals surface area (Å²) in [6.07, 6.45) is 3.05. The van der Waals surface area contributed by atoms with E-state index in [1.807, 2.05) is 44.2 Å². The molecule has 0 spiro atoms. The van der Waals surface area contributed by atoms with Gasteiger partial charge in [0.05, 0.1) is 18.3 Å². The Balaban J connectivity index is 1.54. The van der Waals surface area contributed by atoms with Gasteiger partial charge in [-0.25, -0.2) is 9.78 Å². The fraction of sp³-hybridized carbons (Fsp3) is 0.333. The van der Waals surface area contributed by atoms with E-state index in [0.29, 0.717) is 38.6 Å². The summed E-state index contributed by atoms with van der Waals surface area (Å²) < 4.78 is 6.77. The van der Waals surface area contributed by atoms with E-state index in [0.717, 1.165) is 28.3 Å². The van der Waals surface area contributed by atoms with Gasteiger partial charge < -0.3 is 4.74 Å². The number of ether oxygens (including phenoxy) is 1. The monoisotopic (exact) mass is 511 g/mol. The van der Waals surface area contributed by atoms with Crippen LogP contribution in [0.1, 0.15) is 52.1 Å². The SMILES string of the molecule is CCc1nnc(NC(=O)C(CC)n2cnc3sc(C(=O)OCCc4ccccc4)c(C)c3c2=O)s1. The Hall–Kier alpha value is -3.44. The third-order valence-corrected chi connectivity index (χ3v) is 7.72. The maximum absolute atomic E-state index is 13.4. The molecule has 0 bridgehead atoms. The van der Waals surface area contributed by atoms with E-state index in [9.17, 15) is 14.4 Å². The van der Waals surface area contributed by atoms with Gasteiger partial charge >= 0.3 is 5.97 Å². The van der Waals surface area contributed by atoms with Crippen LogP contribution in [0.15, 0.2) is 41.5 Å². The smallest absolute Gasteiger partial charge is 0.348 e. The van der Waals surface area contributed by atoms with Crippen molar-refractivity contribution in [3.63, 3.8) is 0 Å². The molecule has 0 aliphatic heterocycles. The second-order valence-corrected chi connectivity index (χ2v) is 9.89. The molecule has 1 N–H and O–H groups in total. The molecule has 4 aromatic rings. The lowest BCUT2D eigenvalue weighted by Crippen LogP contribution is -2.33. The number of thiophene rings is 1. The van der Waals surface area contributed by atoms with Crippen molar-refractivity contribution < 1.29 is 14.3 Å². The van der Waals surface area contributed by atoms with Gasteiger partial charge in [0, 0.05) is 6.42 Å². The number of nitrogens with zero attached hydrogens (tertiary/aromatic N) is 4. The summed E-state index contributed by atoms with van der Waals surface area (Å²) in [5.41, 5.74) is 1.20. The van der Waals surface area contributed by atoms with Gasteiger partial charge in [0.1, 0.15) is 20.8 Å². The van der Waals surface area contributed by atoms with Crippen molar-refractivity contribution in [2.24, 2.45) is 0 Å². The minimum absolute atomic E-state index is 0.234. The van der Waals surface area contributed by atoms with Crippen molar-refractivity contribution in [1.82, 2.24) is 19.7 Å². The van der Waals surface area contributed by atoms with E-state index >= 15 is 0 Å². The number of anilines is 1. The van der Waals surface area contributed by atoms with Gasteiger partial charge in [-0.3, -0.25) is 19.5 Å². The van der Waals surface area contributed by atoms with Gasteiger partial charge in [-0.2, -0.15) is 0 Å². The third-order valence-electron chi connectivity index (χ3n) is 5.55. The van der Waals surface area contributed by atoms with Crippen molar-refractivity contribution in [3.05, 3.63) is 68.0 Å². The number of aromatic nitrogens is 4. The van der Waals surface area contributed by atoms with Crippen LogP contribution in [0.5, 0.6) is 0 Å². The molecular weight excluding hydrogens is 486 g/mol. The number of fused-ring (bicyclic) bond motifs is 1. The molecule has 1 atom stereocenters. The first kappa shape index (κ1) is 24.7. The molecule has 3 aromatic heterocycles. The number of hydrogen-bond donors (Lipinski definition) is 1. The molecule has 0 radical (unpaired) electrons. The van der Waals surface area contributed by atoms with Crippen LogP contribution in [0.4, 0.5) is 5.13 Å². The molecule has 1 aromatic carbocycles. The van der Waals surface area contributed by atoms with E-state index in [-0.39, 0.29) is 18.1 Å². The predicted octanol–water partition coefficient (Wildman–Crippen LogP) is 4.17. The van der Waals surface area contributed by atoms with Crippen LogP contribution in [0.3, 0.4) is 0 Å². The summed E-state index contributed by atoms with van der Waals surface area (Å²) in [5, 5.41) is 12.2. The second kappa shape index (κ2) is 10.9. The molecule has 11 heteroatoms. The lowest BCUT2D eigenvalue weighted by Gasteiger charge is -2.16. The Kier molecular flexibility index (Phi) is 7.67. The highest BCUT2D eigenvalue weighted by molar-refractivity contribution is 7.20. The molecule has 0 saturated heterocycles. The fourth-order valence-corrected chi connectivity index (χ4v) is 5.39. The molecule has 182 valence electrons. The van der Waals surface area contributed by atoms with Gasteiger partial charge in [0.25, 0.3) is 5.56 Å². The van der Waals surface area contributed by atoms with Gasteiger partial charge in [0.15, 0.2) is 0 Å². The van der Waals surface area contributed by atoms with Gasteiger partial charge in [-0.05, 0) is 30.9 Å². The average Bonchev–Trinajstić information content (AvgIpc) is 3.45. The molecule has 1 amide bonds. The largest absolute Gasteiger partial charge is 0.461 e. The molecule has 0 fully saturated rings. The molecule has 0 saturated carbocycles. The summed E-state index contributed by atoms with van der Waals surface area (Å²) >= 11 is 2.42. The Morgan fingerprint density at radius 3 is 2.60 bits per heavy atom. The lowest BCUT2D eigenvalue weighted by atomic mass is 10.1. The molecule has 4 rings (SSSR count). The van der Waals surface area contributed by atoms with Crippen molar-refractivity contribution >= 4 is 49.9 Å². The standard InChI is InChI=1S/C24H25N5O4S2/c1-4-16(20(30)26-24-28-27-17(5-2)34-24)29-13-25-21-18(22(29)31)14(3)19(35-21)23(32)33-12-11-15-9-7-6-8-10-15/h6-10,13,16H,4-5,11-12H2,1-3H3,(H,26,28,30). The van der Waals surface area contributed by atoms with Crippen LogP contribution in [0.25, 0.3) is 10.2 Å². The van der Waals surface area contributed by atoms with E-state index in [4.69, 9.17) is 4.74 Å². The summed E-state index contributed by atoms with van der Waals surface area (Å²) in [5.74, 6) is -0.858. The number of benzene rings is 1. The zero-order valence-corrected chi connectivity index (χ0v) is 21.2. The van der Waals surface area contributed by atoms with Crippen LogP contribution in [0.2, 0.25) is 0 Å². The topological polar surface area (TPSA) is 116 Å². The molecule has 9 nitrogen and oxygen atoms in total. The predicted molar refractivity (Wildman–Crippen MR) is 136 cm³/mol. The van der Waals surface area contributed by atoms with Crippen molar-refractivity contribution in [3.8, 4) is 0 Å². The maximum Gasteiger partial charge on any atom is 0.348 e. The number of aryl methyl sites for hydroxylation is 2. The Morgan fingerprint density at radius 2 is 1.91 bits per heavy atom. The van der Waals surface area contributed by atoms with E-state index < -0.39 is 12.0 Å². The highest BCUT2D eigenvalue weighted by Crippen LogP contribution is 2.28. The summed E-state index contributed by atoms with van der Waals surface area (Å²) in [4.78, 5) is 44.2. The zero-order valence-electron chi connectivity index (χ0n) is 19.6. The first-order valence-electron chi connectivity index (χ1n) is 11.3.